The smallest absolute Gasteiger partial charge is 0.228 e. The van der Waals surface area contributed by atoms with Crippen molar-refractivity contribution < 1.29 is 19.0 Å². The largest absolute Gasteiger partial charge is 0.493 e. The van der Waals surface area contributed by atoms with E-state index in [-0.39, 0.29) is 5.91 Å². The Morgan fingerprint density at radius 2 is 1.70 bits per heavy atom. The third kappa shape index (κ3) is 4.80. The Balaban J connectivity index is 2.07. The summed E-state index contributed by atoms with van der Waals surface area (Å²) < 4.78 is 18.7. The fourth-order valence-corrected chi connectivity index (χ4v) is 3.12. The van der Waals surface area contributed by atoms with E-state index in [2.05, 4.69) is 0 Å². The van der Waals surface area contributed by atoms with Gasteiger partial charge in [-0.05, 0) is 31.2 Å². The summed E-state index contributed by atoms with van der Waals surface area (Å²) in [5, 5.41) is 4.71. The van der Waals surface area contributed by atoms with Crippen LogP contribution >= 0.6 is 0 Å². The van der Waals surface area contributed by atoms with Crippen LogP contribution in [0.2, 0.25) is 0 Å². The van der Waals surface area contributed by atoms with Crippen LogP contribution in [0.5, 0.6) is 17.4 Å². The van der Waals surface area contributed by atoms with Gasteiger partial charge in [-0.15, -0.1) is 0 Å². The molecule has 0 atom stereocenters. The SMILES string of the molecule is COCCN(Cc1c(C)nn(-c2ccccc2)c1Oc1ccccc1OC)C(C)=O. The van der Waals surface area contributed by atoms with Gasteiger partial charge in [0.15, 0.2) is 11.5 Å². The lowest BCUT2D eigenvalue weighted by Crippen LogP contribution is -2.31. The molecule has 0 radical (unpaired) electrons. The molecule has 30 heavy (non-hydrogen) atoms. The van der Waals surface area contributed by atoms with Gasteiger partial charge in [0.05, 0.1) is 37.2 Å². The molecule has 1 aromatic heterocycles. The van der Waals surface area contributed by atoms with Gasteiger partial charge in [0.25, 0.3) is 0 Å². The van der Waals surface area contributed by atoms with Crippen LogP contribution < -0.4 is 9.47 Å². The minimum absolute atomic E-state index is 0.0397. The third-order valence-electron chi connectivity index (χ3n) is 4.77. The highest BCUT2D eigenvalue weighted by molar-refractivity contribution is 5.73. The first kappa shape index (κ1) is 21.4. The van der Waals surface area contributed by atoms with E-state index in [0.29, 0.717) is 37.1 Å². The first-order valence-corrected chi connectivity index (χ1v) is 9.74. The molecule has 158 valence electrons. The number of methoxy groups -OCH3 is 2. The van der Waals surface area contributed by atoms with Gasteiger partial charge >= 0.3 is 0 Å². The average Bonchev–Trinajstić information content (AvgIpc) is 3.07. The zero-order chi connectivity index (χ0) is 21.5. The first-order chi connectivity index (χ1) is 14.5. The number of rotatable bonds is 9. The molecule has 2 aromatic carbocycles. The van der Waals surface area contributed by atoms with Gasteiger partial charge in [-0.25, -0.2) is 4.68 Å². The van der Waals surface area contributed by atoms with Gasteiger partial charge in [-0.1, -0.05) is 30.3 Å². The molecule has 0 bridgehead atoms. The van der Waals surface area contributed by atoms with Crippen molar-refractivity contribution in [2.45, 2.75) is 20.4 Å². The van der Waals surface area contributed by atoms with E-state index in [4.69, 9.17) is 19.3 Å². The molecule has 0 aliphatic rings. The number of benzene rings is 2. The number of ether oxygens (including phenoxy) is 3. The Labute approximate surface area is 176 Å². The predicted octanol–water partition coefficient (Wildman–Crippen LogP) is 3.98. The number of hydrogen-bond acceptors (Lipinski definition) is 5. The average molecular weight is 409 g/mol. The molecule has 1 heterocycles. The Morgan fingerprint density at radius 1 is 1.03 bits per heavy atom. The molecule has 0 saturated heterocycles. The molecule has 7 nitrogen and oxygen atoms in total. The lowest BCUT2D eigenvalue weighted by Gasteiger charge is -2.21. The second-order valence-corrected chi connectivity index (χ2v) is 6.80. The van der Waals surface area contributed by atoms with E-state index in [1.807, 2.05) is 61.5 Å². The van der Waals surface area contributed by atoms with Gasteiger partial charge in [0.1, 0.15) is 0 Å². The topological polar surface area (TPSA) is 65.8 Å². The summed E-state index contributed by atoms with van der Waals surface area (Å²) in [6, 6.07) is 17.2. The molecule has 0 unspecified atom stereocenters. The lowest BCUT2D eigenvalue weighted by molar-refractivity contribution is -0.130. The quantitative estimate of drug-likeness (QED) is 0.535. The van der Waals surface area contributed by atoms with Crippen LogP contribution in [0, 0.1) is 6.92 Å². The maximum Gasteiger partial charge on any atom is 0.228 e. The number of carbonyl (C=O) groups excluding carboxylic acids is 1. The molecular weight excluding hydrogens is 382 g/mol. The van der Waals surface area contributed by atoms with Crippen LogP contribution in [0.4, 0.5) is 0 Å². The summed E-state index contributed by atoms with van der Waals surface area (Å²) in [5.74, 6) is 1.70. The number of para-hydroxylation sites is 3. The molecular formula is C23H27N3O4. The van der Waals surface area contributed by atoms with Crippen LogP contribution in [0.15, 0.2) is 54.6 Å². The van der Waals surface area contributed by atoms with Crippen molar-refractivity contribution in [3.63, 3.8) is 0 Å². The number of carbonyl (C=O) groups is 1. The molecule has 3 aromatic rings. The number of nitrogens with zero attached hydrogens (tertiary/aromatic N) is 3. The molecule has 0 aliphatic carbocycles. The lowest BCUT2D eigenvalue weighted by atomic mass is 10.2. The first-order valence-electron chi connectivity index (χ1n) is 9.74. The zero-order valence-electron chi connectivity index (χ0n) is 17.8. The van der Waals surface area contributed by atoms with E-state index in [1.165, 1.54) is 0 Å². The van der Waals surface area contributed by atoms with Gasteiger partial charge < -0.3 is 19.1 Å². The highest BCUT2D eigenvalue weighted by Crippen LogP contribution is 2.35. The van der Waals surface area contributed by atoms with Crippen molar-refractivity contribution in [3.05, 3.63) is 65.9 Å². The van der Waals surface area contributed by atoms with Crippen molar-refractivity contribution in [2.24, 2.45) is 0 Å². The van der Waals surface area contributed by atoms with E-state index < -0.39 is 0 Å². The summed E-state index contributed by atoms with van der Waals surface area (Å²) in [6.07, 6.45) is 0. The highest BCUT2D eigenvalue weighted by Gasteiger charge is 2.23. The van der Waals surface area contributed by atoms with Crippen molar-refractivity contribution in [1.82, 2.24) is 14.7 Å². The van der Waals surface area contributed by atoms with Gasteiger partial charge in [-0.3, -0.25) is 4.79 Å². The Bertz CT molecular complexity index is 985. The predicted molar refractivity (Wildman–Crippen MR) is 114 cm³/mol. The maximum atomic E-state index is 12.2. The minimum Gasteiger partial charge on any atom is -0.493 e. The minimum atomic E-state index is -0.0397. The second-order valence-electron chi connectivity index (χ2n) is 6.80. The van der Waals surface area contributed by atoms with Gasteiger partial charge in [0, 0.05) is 20.6 Å². The third-order valence-corrected chi connectivity index (χ3v) is 4.77. The van der Waals surface area contributed by atoms with Crippen molar-refractivity contribution in [3.8, 4) is 23.1 Å². The van der Waals surface area contributed by atoms with Gasteiger partial charge in [0.2, 0.25) is 11.8 Å². The second kappa shape index (κ2) is 9.93. The Kier molecular flexibility index (Phi) is 7.08. The molecule has 0 fully saturated rings. The summed E-state index contributed by atoms with van der Waals surface area (Å²) in [6.45, 7) is 4.76. The highest BCUT2D eigenvalue weighted by atomic mass is 16.5. The summed E-state index contributed by atoms with van der Waals surface area (Å²) >= 11 is 0. The number of hydrogen-bond donors (Lipinski definition) is 0. The molecule has 3 rings (SSSR count). The molecule has 1 amide bonds. The van der Waals surface area contributed by atoms with Crippen LogP contribution in [0.25, 0.3) is 5.69 Å². The van der Waals surface area contributed by atoms with Crippen molar-refractivity contribution in [2.75, 3.05) is 27.4 Å². The molecule has 0 aliphatic heterocycles. The Hall–Kier alpha value is -3.32. The van der Waals surface area contributed by atoms with Crippen molar-refractivity contribution >= 4 is 5.91 Å². The summed E-state index contributed by atoms with van der Waals surface area (Å²) in [5.41, 5.74) is 2.48. The fourth-order valence-electron chi connectivity index (χ4n) is 3.12. The fraction of sp³-hybridized carbons (Fsp3) is 0.304. The molecule has 0 saturated carbocycles. The summed E-state index contributed by atoms with van der Waals surface area (Å²) in [7, 11) is 3.22. The standard InChI is InChI=1S/C23H27N3O4/c1-17-20(16-25(18(2)27)14-15-28-3)23(26(24-17)19-10-6-5-7-11-19)30-22-13-9-8-12-21(22)29-4/h5-13H,14-16H2,1-4H3. The van der Waals surface area contributed by atoms with Crippen LogP contribution in [0.3, 0.4) is 0 Å². The summed E-state index contributed by atoms with van der Waals surface area (Å²) in [4.78, 5) is 13.9. The molecule has 0 N–H and O–H groups in total. The van der Waals surface area contributed by atoms with Crippen LogP contribution in [0.1, 0.15) is 18.2 Å². The number of amides is 1. The van der Waals surface area contributed by atoms with Crippen molar-refractivity contribution in [1.29, 1.82) is 0 Å². The normalized spacial score (nSPS) is 10.7. The van der Waals surface area contributed by atoms with E-state index in [0.717, 1.165) is 16.9 Å². The Morgan fingerprint density at radius 3 is 2.33 bits per heavy atom. The molecule has 7 heteroatoms. The van der Waals surface area contributed by atoms with E-state index in [9.17, 15) is 4.79 Å². The van der Waals surface area contributed by atoms with Crippen LogP contribution in [-0.2, 0) is 16.1 Å². The zero-order valence-corrected chi connectivity index (χ0v) is 17.8. The van der Waals surface area contributed by atoms with E-state index >= 15 is 0 Å². The maximum absolute atomic E-state index is 12.2. The van der Waals surface area contributed by atoms with Crippen LogP contribution in [-0.4, -0.2) is 48.0 Å². The molecule has 0 spiro atoms. The number of aromatic nitrogens is 2. The number of aryl methyl sites for hydroxylation is 1. The monoisotopic (exact) mass is 409 g/mol. The van der Waals surface area contributed by atoms with Gasteiger partial charge in [-0.2, -0.15) is 5.10 Å². The van der Waals surface area contributed by atoms with E-state index in [1.54, 1.807) is 30.7 Å².